The van der Waals surface area contributed by atoms with E-state index in [1.807, 2.05) is 24.1 Å². The van der Waals surface area contributed by atoms with Gasteiger partial charge in [0.05, 0.1) is 17.8 Å². The fourth-order valence-electron chi connectivity index (χ4n) is 3.95. The highest BCUT2D eigenvalue weighted by Crippen LogP contribution is 2.33. The molecule has 2 aromatic carbocycles. The average molecular weight is 370 g/mol. The number of fused-ring (bicyclic) bond motifs is 1. The van der Waals surface area contributed by atoms with E-state index in [-0.39, 0.29) is 6.04 Å². The summed E-state index contributed by atoms with van der Waals surface area (Å²) >= 11 is 0. The Morgan fingerprint density at radius 3 is 2.75 bits per heavy atom. The lowest BCUT2D eigenvalue weighted by molar-refractivity contribution is 0.487. The minimum absolute atomic E-state index is 0.256. The zero-order valence-corrected chi connectivity index (χ0v) is 15.8. The van der Waals surface area contributed by atoms with E-state index in [1.54, 1.807) is 6.33 Å². The summed E-state index contributed by atoms with van der Waals surface area (Å²) in [6.45, 7) is 2.77. The highest BCUT2D eigenvalue weighted by atomic mass is 15.3. The van der Waals surface area contributed by atoms with Gasteiger partial charge in [-0.2, -0.15) is 5.10 Å². The molecule has 0 bridgehead atoms. The van der Waals surface area contributed by atoms with Gasteiger partial charge in [-0.15, -0.1) is 0 Å². The Morgan fingerprint density at radius 2 is 1.93 bits per heavy atom. The molecule has 1 fully saturated rings. The van der Waals surface area contributed by atoms with E-state index in [0.717, 1.165) is 47.5 Å². The third-order valence-electron chi connectivity index (χ3n) is 5.35. The molecular weight excluding hydrogens is 348 g/mol. The minimum Gasteiger partial charge on any atom is -0.346 e. The van der Waals surface area contributed by atoms with E-state index in [2.05, 4.69) is 73.8 Å². The van der Waals surface area contributed by atoms with Crippen LogP contribution in [0.3, 0.4) is 0 Å². The fraction of sp³-hybridized carbons (Fsp3) is 0.227. The zero-order chi connectivity index (χ0) is 18.9. The molecule has 5 rings (SSSR count). The predicted octanol–water partition coefficient (Wildman–Crippen LogP) is 3.18. The number of nitrogens with zero attached hydrogens (tertiary/aromatic N) is 5. The van der Waals surface area contributed by atoms with Crippen molar-refractivity contribution in [2.75, 3.05) is 24.5 Å². The molecule has 0 radical (unpaired) electrons. The summed E-state index contributed by atoms with van der Waals surface area (Å²) in [6.07, 6.45) is 5.57. The molecule has 0 amide bonds. The fourth-order valence-corrected chi connectivity index (χ4v) is 3.95. The van der Waals surface area contributed by atoms with Crippen LogP contribution in [0.5, 0.6) is 0 Å². The van der Waals surface area contributed by atoms with Gasteiger partial charge in [-0.05, 0) is 23.3 Å². The first-order valence-corrected chi connectivity index (χ1v) is 9.56. The van der Waals surface area contributed by atoms with Gasteiger partial charge in [-0.25, -0.2) is 9.97 Å². The lowest BCUT2D eigenvalue weighted by Crippen LogP contribution is -2.46. The van der Waals surface area contributed by atoms with Crippen LogP contribution in [0.2, 0.25) is 0 Å². The van der Waals surface area contributed by atoms with Crippen molar-refractivity contribution in [3.63, 3.8) is 0 Å². The molecule has 3 heterocycles. The number of aryl methyl sites for hydroxylation is 1. The maximum absolute atomic E-state index is 4.68. The van der Waals surface area contributed by atoms with E-state index in [1.165, 1.54) is 5.56 Å². The topological polar surface area (TPSA) is 58.9 Å². The van der Waals surface area contributed by atoms with Crippen LogP contribution in [-0.2, 0) is 7.05 Å². The van der Waals surface area contributed by atoms with Gasteiger partial charge in [0, 0.05) is 43.8 Å². The molecule has 0 aliphatic carbocycles. The van der Waals surface area contributed by atoms with Crippen molar-refractivity contribution >= 4 is 16.7 Å². The average Bonchev–Trinajstić information content (AvgIpc) is 3.20. The van der Waals surface area contributed by atoms with Crippen LogP contribution in [0.4, 0.5) is 5.82 Å². The molecule has 1 aliphatic heterocycles. The van der Waals surface area contributed by atoms with Crippen LogP contribution in [0, 0.1) is 0 Å². The lowest BCUT2D eigenvalue weighted by Gasteiger charge is -2.37. The van der Waals surface area contributed by atoms with Crippen molar-refractivity contribution in [2.24, 2.45) is 7.05 Å². The third kappa shape index (κ3) is 3.01. The second-order valence-electron chi connectivity index (χ2n) is 7.16. The van der Waals surface area contributed by atoms with Crippen molar-refractivity contribution < 1.29 is 0 Å². The van der Waals surface area contributed by atoms with Crippen molar-refractivity contribution in [1.82, 2.24) is 25.1 Å². The molecule has 4 aromatic rings. The van der Waals surface area contributed by atoms with Crippen LogP contribution >= 0.6 is 0 Å². The molecule has 140 valence electrons. The van der Waals surface area contributed by atoms with Gasteiger partial charge in [0.2, 0.25) is 0 Å². The Balaban J connectivity index is 1.58. The number of piperazine rings is 1. The number of hydrogen-bond donors (Lipinski definition) is 1. The highest BCUT2D eigenvalue weighted by Gasteiger charge is 2.26. The summed E-state index contributed by atoms with van der Waals surface area (Å²) in [6, 6.07) is 17.3. The predicted molar refractivity (Wildman–Crippen MR) is 111 cm³/mol. The van der Waals surface area contributed by atoms with E-state index >= 15 is 0 Å². The lowest BCUT2D eigenvalue weighted by atomic mass is 10.0. The zero-order valence-electron chi connectivity index (χ0n) is 15.8. The molecular formula is C22H22N6. The summed E-state index contributed by atoms with van der Waals surface area (Å²) in [5.41, 5.74) is 4.46. The Bertz CT molecular complexity index is 1100. The molecule has 1 saturated heterocycles. The molecule has 0 spiro atoms. The quantitative estimate of drug-likeness (QED) is 0.600. The van der Waals surface area contributed by atoms with Gasteiger partial charge < -0.3 is 10.2 Å². The van der Waals surface area contributed by atoms with Gasteiger partial charge in [-0.3, -0.25) is 4.68 Å². The number of rotatable bonds is 3. The maximum Gasteiger partial charge on any atom is 0.140 e. The first-order valence-electron chi connectivity index (χ1n) is 9.56. The molecule has 2 aromatic heterocycles. The van der Waals surface area contributed by atoms with Crippen molar-refractivity contribution in [3.8, 4) is 11.1 Å². The number of nitrogens with one attached hydrogen (secondary N) is 1. The first kappa shape index (κ1) is 16.9. The van der Waals surface area contributed by atoms with Gasteiger partial charge in [0.15, 0.2) is 0 Å². The molecule has 1 atom stereocenters. The highest BCUT2D eigenvalue weighted by molar-refractivity contribution is 5.92. The van der Waals surface area contributed by atoms with Gasteiger partial charge in [0.1, 0.15) is 12.1 Å². The maximum atomic E-state index is 4.68. The Morgan fingerprint density at radius 1 is 1.04 bits per heavy atom. The summed E-state index contributed by atoms with van der Waals surface area (Å²) in [5, 5.41) is 8.88. The standard InChI is InChI=1S/C22H22N6/c1-27-14-18(12-26-27)17-7-8-19-20(11-17)24-15-25-22(19)28-10-9-23-13-21(28)16-5-3-2-4-6-16/h2-8,11-12,14-15,21,23H,9-10,13H2,1H3/t21-/m1/s1. The van der Waals surface area contributed by atoms with Crippen LogP contribution in [0.15, 0.2) is 67.3 Å². The monoisotopic (exact) mass is 370 g/mol. The second-order valence-corrected chi connectivity index (χ2v) is 7.16. The van der Waals surface area contributed by atoms with Gasteiger partial charge in [0.25, 0.3) is 0 Å². The second kappa shape index (κ2) is 7.05. The SMILES string of the molecule is Cn1cc(-c2ccc3c(N4CCNC[C@@H]4c4ccccc4)ncnc3c2)cn1. The van der Waals surface area contributed by atoms with E-state index in [4.69, 9.17) is 0 Å². The van der Waals surface area contributed by atoms with Crippen LogP contribution in [0.25, 0.3) is 22.0 Å². The first-order chi connectivity index (χ1) is 13.8. The molecule has 6 nitrogen and oxygen atoms in total. The molecule has 0 saturated carbocycles. The molecule has 28 heavy (non-hydrogen) atoms. The smallest absolute Gasteiger partial charge is 0.140 e. The molecule has 1 N–H and O–H groups in total. The van der Waals surface area contributed by atoms with Gasteiger partial charge in [-0.1, -0.05) is 36.4 Å². The Hall–Kier alpha value is -3.25. The Labute approximate surface area is 163 Å². The van der Waals surface area contributed by atoms with Crippen molar-refractivity contribution in [2.45, 2.75) is 6.04 Å². The molecule has 0 unspecified atom stereocenters. The van der Waals surface area contributed by atoms with Crippen LogP contribution in [0.1, 0.15) is 11.6 Å². The van der Waals surface area contributed by atoms with E-state index < -0.39 is 0 Å². The Kier molecular flexibility index (Phi) is 4.25. The number of benzene rings is 2. The number of anilines is 1. The largest absolute Gasteiger partial charge is 0.346 e. The summed E-state index contributed by atoms with van der Waals surface area (Å²) in [5.74, 6) is 0.998. The van der Waals surface area contributed by atoms with E-state index in [0.29, 0.717) is 0 Å². The van der Waals surface area contributed by atoms with Crippen molar-refractivity contribution in [1.29, 1.82) is 0 Å². The van der Waals surface area contributed by atoms with Gasteiger partial charge >= 0.3 is 0 Å². The summed E-state index contributed by atoms with van der Waals surface area (Å²) in [4.78, 5) is 11.6. The van der Waals surface area contributed by atoms with E-state index in [9.17, 15) is 0 Å². The van der Waals surface area contributed by atoms with Crippen molar-refractivity contribution in [3.05, 3.63) is 72.8 Å². The van der Waals surface area contributed by atoms with Crippen LogP contribution < -0.4 is 10.2 Å². The minimum atomic E-state index is 0.256. The summed E-state index contributed by atoms with van der Waals surface area (Å²) < 4.78 is 1.82. The normalized spacial score (nSPS) is 17.2. The van der Waals surface area contributed by atoms with Crippen LogP contribution in [-0.4, -0.2) is 39.4 Å². The number of aromatic nitrogens is 4. The third-order valence-corrected chi connectivity index (χ3v) is 5.35. The summed E-state index contributed by atoms with van der Waals surface area (Å²) in [7, 11) is 1.93. The number of hydrogen-bond acceptors (Lipinski definition) is 5. The molecule has 1 aliphatic rings. The molecule has 6 heteroatoms.